The minimum Gasteiger partial charge on any atom is -0.484 e. The number of aryl methyl sites for hydroxylation is 1. The van der Waals surface area contributed by atoms with Gasteiger partial charge in [-0.05, 0) is 55.7 Å². The molecule has 0 spiro atoms. The van der Waals surface area contributed by atoms with Gasteiger partial charge in [-0.1, -0.05) is 37.6 Å². The average molecular weight is 400 g/mol. The normalized spacial score (nSPS) is 11.6. The second-order valence-electron chi connectivity index (χ2n) is 7.01. The highest BCUT2D eigenvalue weighted by Gasteiger charge is 2.26. The Kier molecular flexibility index (Phi) is 8.65. The van der Waals surface area contributed by atoms with Crippen molar-refractivity contribution in [1.29, 1.82) is 0 Å². The van der Waals surface area contributed by atoms with E-state index in [1.165, 1.54) is 29.2 Å². The third-order valence-electron chi connectivity index (χ3n) is 4.77. The zero-order valence-electron chi connectivity index (χ0n) is 17.3. The van der Waals surface area contributed by atoms with Crippen molar-refractivity contribution in [3.63, 3.8) is 0 Å². The van der Waals surface area contributed by atoms with E-state index >= 15 is 0 Å². The Bertz CT molecular complexity index is 808. The molecule has 0 saturated heterocycles. The van der Waals surface area contributed by atoms with Crippen LogP contribution in [-0.4, -0.2) is 35.9 Å². The first kappa shape index (κ1) is 22.4. The van der Waals surface area contributed by atoms with Gasteiger partial charge in [-0.3, -0.25) is 9.59 Å². The monoisotopic (exact) mass is 400 g/mol. The number of rotatable bonds is 10. The molecule has 156 valence electrons. The molecule has 1 N–H and O–H groups in total. The van der Waals surface area contributed by atoms with E-state index in [1.54, 1.807) is 6.92 Å². The summed E-state index contributed by atoms with van der Waals surface area (Å²) in [5.41, 5.74) is 2.01. The lowest BCUT2D eigenvalue weighted by molar-refractivity contribution is -0.142. The molecular weight excluding hydrogens is 371 g/mol. The number of hydrogen-bond acceptors (Lipinski definition) is 3. The molecule has 0 radical (unpaired) electrons. The number of nitrogens with zero attached hydrogens (tertiary/aromatic N) is 1. The lowest BCUT2D eigenvalue weighted by atomic mass is 10.1. The van der Waals surface area contributed by atoms with Crippen molar-refractivity contribution in [2.24, 2.45) is 0 Å². The molecule has 2 amide bonds. The fourth-order valence-corrected chi connectivity index (χ4v) is 2.85. The van der Waals surface area contributed by atoms with Crippen molar-refractivity contribution in [3.05, 3.63) is 65.5 Å². The van der Waals surface area contributed by atoms with Crippen LogP contribution in [0.4, 0.5) is 4.39 Å². The summed E-state index contributed by atoms with van der Waals surface area (Å²) in [7, 11) is 0. The summed E-state index contributed by atoms with van der Waals surface area (Å²) in [6.45, 7) is 6.40. The summed E-state index contributed by atoms with van der Waals surface area (Å²) < 4.78 is 18.6. The molecule has 2 rings (SSSR count). The first-order valence-electron chi connectivity index (χ1n) is 9.92. The zero-order valence-corrected chi connectivity index (χ0v) is 17.3. The van der Waals surface area contributed by atoms with Crippen molar-refractivity contribution in [2.75, 3.05) is 13.2 Å². The Morgan fingerprint density at radius 3 is 2.48 bits per heavy atom. The van der Waals surface area contributed by atoms with Crippen LogP contribution in [0.1, 0.15) is 37.8 Å². The number of amides is 2. The van der Waals surface area contributed by atoms with Gasteiger partial charge in [0.2, 0.25) is 5.91 Å². The van der Waals surface area contributed by atoms with Gasteiger partial charge in [-0.15, -0.1) is 0 Å². The van der Waals surface area contributed by atoms with E-state index in [4.69, 9.17) is 4.74 Å². The summed E-state index contributed by atoms with van der Waals surface area (Å²) >= 11 is 0. The highest BCUT2D eigenvalue weighted by atomic mass is 19.1. The highest BCUT2D eigenvalue weighted by Crippen LogP contribution is 2.15. The van der Waals surface area contributed by atoms with Crippen LogP contribution in [0.15, 0.2) is 48.5 Å². The largest absolute Gasteiger partial charge is 0.484 e. The predicted octanol–water partition coefficient (Wildman–Crippen LogP) is 3.85. The topological polar surface area (TPSA) is 58.6 Å². The minimum absolute atomic E-state index is 0.192. The van der Waals surface area contributed by atoms with Crippen LogP contribution in [0.3, 0.4) is 0 Å². The lowest BCUT2D eigenvalue weighted by Gasteiger charge is -2.29. The zero-order chi connectivity index (χ0) is 21.2. The van der Waals surface area contributed by atoms with E-state index in [-0.39, 0.29) is 24.2 Å². The van der Waals surface area contributed by atoms with E-state index in [2.05, 4.69) is 12.2 Å². The van der Waals surface area contributed by atoms with Gasteiger partial charge >= 0.3 is 0 Å². The fraction of sp³-hybridized carbons (Fsp3) is 0.391. The van der Waals surface area contributed by atoms with E-state index in [0.29, 0.717) is 18.8 Å². The molecule has 0 heterocycles. The summed E-state index contributed by atoms with van der Waals surface area (Å²) in [5.74, 6) is -0.476. The molecule has 1 atom stereocenters. The number of unbranched alkanes of at least 4 members (excludes halogenated alkanes) is 1. The molecule has 2 aromatic carbocycles. The van der Waals surface area contributed by atoms with Crippen LogP contribution in [0.2, 0.25) is 0 Å². The first-order valence-corrected chi connectivity index (χ1v) is 9.92. The number of nitrogens with one attached hydrogen (secondary N) is 1. The van der Waals surface area contributed by atoms with Crippen molar-refractivity contribution in [2.45, 2.75) is 46.2 Å². The van der Waals surface area contributed by atoms with Gasteiger partial charge in [-0.25, -0.2) is 4.39 Å². The number of benzene rings is 2. The molecule has 29 heavy (non-hydrogen) atoms. The van der Waals surface area contributed by atoms with Crippen LogP contribution < -0.4 is 10.1 Å². The molecular formula is C23H29FN2O3. The fourth-order valence-electron chi connectivity index (χ4n) is 2.85. The van der Waals surface area contributed by atoms with Gasteiger partial charge in [-0.2, -0.15) is 0 Å². The van der Waals surface area contributed by atoms with Crippen LogP contribution in [0.25, 0.3) is 0 Å². The lowest BCUT2D eigenvalue weighted by Crippen LogP contribution is -2.49. The Morgan fingerprint density at radius 2 is 1.83 bits per heavy atom. The number of carbonyl (C=O) groups is 2. The molecule has 2 aromatic rings. The molecule has 6 heteroatoms. The molecule has 0 unspecified atom stereocenters. The van der Waals surface area contributed by atoms with E-state index in [1.807, 2.05) is 31.2 Å². The molecule has 0 aromatic heterocycles. The smallest absolute Gasteiger partial charge is 0.261 e. The third kappa shape index (κ3) is 6.89. The first-order chi connectivity index (χ1) is 13.9. The summed E-state index contributed by atoms with van der Waals surface area (Å²) in [5, 5.41) is 2.88. The van der Waals surface area contributed by atoms with Crippen molar-refractivity contribution >= 4 is 11.8 Å². The summed E-state index contributed by atoms with van der Waals surface area (Å²) in [6.07, 6.45) is 1.86. The second-order valence-corrected chi connectivity index (χ2v) is 7.01. The molecule has 0 fully saturated rings. The molecule has 0 aliphatic carbocycles. The van der Waals surface area contributed by atoms with Crippen LogP contribution >= 0.6 is 0 Å². The maximum atomic E-state index is 13.0. The van der Waals surface area contributed by atoms with Gasteiger partial charge < -0.3 is 15.0 Å². The van der Waals surface area contributed by atoms with Crippen LogP contribution in [0.5, 0.6) is 5.75 Å². The summed E-state index contributed by atoms with van der Waals surface area (Å²) in [4.78, 5) is 27.0. The molecule has 0 saturated carbocycles. The Hall–Kier alpha value is -2.89. The van der Waals surface area contributed by atoms with E-state index in [0.717, 1.165) is 24.0 Å². The molecule has 0 aliphatic heterocycles. The number of hydrogen-bond donors (Lipinski definition) is 1. The highest BCUT2D eigenvalue weighted by molar-refractivity contribution is 5.87. The van der Waals surface area contributed by atoms with Crippen LogP contribution in [0, 0.1) is 12.7 Å². The Morgan fingerprint density at radius 1 is 1.14 bits per heavy atom. The minimum atomic E-state index is -0.643. The Labute approximate surface area is 171 Å². The maximum Gasteiger partial charge on any atom is 0.261 e. The van der Waals surface area contributed by atoms with E-state index in [9.17, 15) is 14.0 Å². The third-order valence-corrected chi connectivity index (χ3v) is 4.77. The van der Waals surface area contributed by atoms with Crippen molar-refractivity contribution < 1.29 is 18.7 Å². The standard InChI is InChI=1S/C23H29FN2O3/c1-4-5-14-25-23(28)18(3)26(15-19-9-7-6-8-17(19)2)22(27)16-29-21-12-10-20(24)11-13-21/h6-13,18H,4-5,14-16H2,1-3H3,(H,25,28)/t18-/m1/s1. The van der Waals surface area contributed by atoms with Crippen molar-refractivity contribution in [3.8, 4) is 5.75 Å². The number of ether oxygens (including phenoxy) is 1. The SMILES string of the molecule is CCCCNC(=O)[C@@H](C)N(Cc1ccccc1C)C(=O)COc1ccc(F)cc1. The summed E-state index contributed by atoms with van der Waals surface area (Å²) in [6, 6.07) is 12.6. The molecule has 0 aliphatic rings. The maximum absolute atomic E-state index is 13.0. The average Bonchev–Trinajstić information content (AvgIpc) is 2.72. The van der Waals surface area contributed by atoms with Gasteiger partial charge in [0.25, 0.3) is 5.91 Å². The molecule has 0 bridgehead atoms. The molecule has 5 nitrogen and oxygen atoms in total. The van der Waals surface area contributed by atoms with Gasteiger partial charge in [0.05, 0.1) is 0 Å². The van der Waals surface area contributed by atoms with Gasteiger partial charge in [0.1, 0.15) is 17.6 Å². The quantitative estimate of drug-likeness (QED) is 0.617. The van der Waals surface area contributed by atoms with E-state index < -0.39 is 6.04 Å². The second kappa shape index (κ2) is 11.2. The van der Waals surface area contributed by atoms with Gasteiger partial charge in [0.15, 0.2) is 6.61 Å². The Balaban J connectivity index is 2.11. The number of carbonyl (C=O) groups excluding carboxylic acids is 2. The van der Waals surface area contributed by atoms with Crippen LogP contribution in [-0.2, 0) is 16.1 Å². The predicted molar refractivity (Wildman–Crippen MR) is 111 cm³/mol. The number of halogens is 1. The van der Waals surface area contributed by atoms with Gasteiger partial charge in [0, 0.05) is 13.1 Å². The van der Waals surface area contributed by atoms with Crippen molar-refractivity contribution in [1.82, 2.24) is 10.2 Å².